The molecule has 0 fully saturated rings. The van der Waals surface area contributed by atoms with Crippen LogP contribution in [-0.2, 0) is 30.2 Å². The first-order chi connectivity index (χ1) is 29.9. The molecule has 2 aromatic heterocycles. The van der Waals surface area contributed by atoms with Crippen molar-refractivity contribution in [3.8, 4) is 22.5 Å². The van der Waals surface area contributed by atoms with Crippen LogP contribution in [0.1, 0.15) is 23.6 Å². The zero-order chi connectivity index (χ0) is 46.3. The molecule has 0 aliphatic rings. The number of urea groups is 1. The molecule has 0 radical (unpaired) electrons. The van der Waals surface area contributed by atoms with Crippen LogP contribution in [0.2, 0.25) is 0 Å². The number of alkyl halides is 6. The minimum atomic E-state index is -4.89. The number of anilines is 2. The van der Waals surface area contributed by atoms with E-state index in [2.05, 4.69) is 19.4 Å². The van der Waals surface area contributed by atoms with Crippen LogP contribution in [0.3, 0.4) is 0 Å². The lowest BCUT2D eigenvalue weighted by Gasteiger charge is -2.18. The van der Waals surface area contributed by atoms with Gasteiger partial charge < -0.3 is 25.9 Å². The third kappa shape index (κ3) is 12.1. The summed E-state index contributed by atoms with van der Waals surface area (Å²) in [6.07, 6.45) is -8.33. The summed E-state index contributed by atoms with van der Waals surface area (Å²) >= 11 is 0.876. The highest BCUT2D eigenvalue weighted by atomic mass is 32.2. The van der Waals surface area contributed by atoms with E-state index in [1.54, 1.807) is 78.9 Å². The molecule has 316 valence electrons. The maximum absolute atomic E-state index is 13.6. The second-order valence-electron chi connectivity index (χ2n) is 12.6. The smallest absolute Gasteiger partial charge is 0.399 e. The van der Waals surface area contributed by atoms with E-state index in [-0.39, 0.29) is 42.0 Å². The maximum atomic E-state index is 13.6. The van der Waals surface area contributed by atoms with Gasteiger partial charge in [-0.15, -0.1) is 4.40 Å². The molecule has 2 heterocycles. The highest BCUT2D eigenvalue weighted by Crippen LogP contribution is 2.39. The molecule has 0 unspecified atom stereocenters. The highest BCUT2D eigenvalue weighted by molar-refractivity contribution is 7.97. The standard InChI is InChI=1S/C21H15F3N4O2.C20H14F3N3O.C2H3NOS/c1-26-18-16(21(22,23)24)11-17(14-8-5-9-15(10-14)27-20(25)30)28(19(18)29)12-13-6-3-2-4-7-13;1-25-18-16(20(21,22)23)11-17(14-8-5-9-15(24)10-14)26(19(18)27)12-13-6-3-2-4-7-13;1-5-3-2-4/h2-11H,12H2,(H3,25,27,30);2-11H,12,24H2;1H3/i;;1T. The molecule has 0 saturated heterocycles. The highest BCUT2D eigenvalue weighted by Gasteiger charge is 2.37. The Balaban J connectivity index is 0.000000246. The maximum Gasteiger partial charge on any atom is 0.407 e. The van der Waals surface area contributed by atoms with Gasteiger partial charge in [0.1, 0.15) is 0 Å². The van der Waals surface area contributed by atoms with Crippen LogP contribution in [0.4, 0.5) is 53.9 Å². The van der Waals surface area contributed by atoms with E-state index in [1.807, 2.05) is 0 Å². The molecule has 0 spiro atoms. The van der Waals surface area contributed by atoms with Gasteiger partial charge in [-0.25, -0.2) is 19.3 Å². The number of nitrogen functional groups attached to an aromatic ring is 1. The third-order valence-electron chi connectivity index (χ3n) is 8.46. The second kappa shape index (κ2) is 20.9. The van der Waals surface area contributed by atoms with Crippen molar-refractivity contribution in [1.29, 1.82) is 0 Å². The quantitative estimate of drug-likeness (QED) is 0.0344. The average molecular weight is 873 g/mol. The summed E-state index contributed by atoms with van der Waals surface area (Å²) in [5, 5.41) is 2.35. The topological polar surface area (TPSA) is 163 Å². The van der Waals surface area contributed by atoms with Crippen molar-refractivity contribution in [3.05, 3.63) is 187 Å². The fourth-order valence-corrected chi connectivity index (χ4v) is 5.92. The number of amides is 2. The third-order valence-corrected chi connectivity index (χ3v) is 8.66. The molecule has 0 aliphatic carbocycles. The number of pyridine rings is 2. The van der Waals surface area contributed by atoms with E-state index in [0.29, 0.717) is 16.8 Å². The van der Waals surface area contributed by atoms with Gasteiger partial charge in [0, 0.05) is 54.6 Å². The summed E-state index contributed by atoms with van der Waals surface area (Å²) in [5.74, 6) is 0. The van der Waals surface area contributed by atoms with Gasteiger partial charge in [-0.2, -0.15) is 26.3 Å². The van der Waals surface area contributed by atoms with Crippen molar-refractivity contribution in [3.63, 3.8) is 0 Å². The summed E-state index contributed by atoms with van der Waals surface area (Å²) < 4.78 is 92.7. The van der Waals surface area contributed by atoms with Crippen LogP contribution in [0.5, 0.6) is 0 Å². The number of nitrogens with zero attached hydrogens (tertiary/aromatic N) is 5. The summed E-state index contributed by atoms with van der Waals surface area (Å²) in [6.45, 7) is 14.2. The second-order valence-corrected chi connectivity index (χ2v) is 13.0. The predicted octanol–water partition coefficient (Wildman–Crippen LogP) is 9.94. The minimum Gasteiger partial charge on any atom is -0.399 e. The van der Waals surface area contributed by atoms with Crippen LogP contribution >= 0.6 is 11.9 Å². The fourth-order valence-electron chi connectivity index (χ4n) is 5.87. The Kier molecular flexibility index (Phi) is 15.2. The number of primary amides is 1. The van der Waals surface area contributed by atoms with E-state index in [9.17, 15) is 40.7 Å². The summed E-state index contributed by atoms with van der Waals surface area (Å²) in [4.78, 5) is 51.7. The normalized spacial score (nSPS) is 10.9. The van der Waals surface area contributed by atoms with Gasteiger partial charge in [0.2, 0.25) is 6.08 Å². The molecule has 2 amide bonds. The van der Waals surface area contributed by atoms with Gasteiger partial charge in [-0.1, -0.05) is 84.9 Å². The largest absolute Gasteiger partial charge is 0.407 e. The van der Waals surface area contributed by atoms with Gasteiger partial charge in [-0.3, -0.25) is 9.59 Å². The Morgan fingerprint density at radius 2 is 1.19 bits per heavy atom. The van der Waals surface area contributed by atoms with Crippen LogP contribution in [0.15, 0.2) is 135 Å². The average Bonchev–Trinajstić information content (AvgIpc) is 3.24. The number of hydrogen-bond donors (Lipinski definition) is 3. The van der Waals surface area contributed by atoms with Gasteiger partial charge in [0.25, 0.3) is 22.5 Å². The molecule has 0 aliphatic heterocycles. The Labute approximate surface area is 355 Å². The molecule has 0 bridgehead atoms. The molecule has 19 heteroatoms. The van der Waals surface area contributed by atoms with Crippen molar-refractivity contribution in [1.82, 2.24) is 9.13 Å². The lowest BCUT2D eigenvalue weighted by atomic mass is 10.1. The first-order valence-electron chi connectivity index (χ1n) is 18.2. The summed E-state index contributed by atoms with van der Waals surface area (Å²) in [6, 6.07) is 30.5. The monoisotopic (exact) mass is 872 g/mol. The zero-order valence-corrected chi connectivity index (χ0v) is 32.7. The van der Waals surface area contributed by atoms with Crippen molar-refractivity contribution in [2.75, 3.05) is 17.3 Å². The SMILES string of the molecule is [3H]CSN=C=O.[C-]#[N+]c1c(C(F)(F)F)cc(-c2cccc(N)c2)n(Cc2ccccc2)c1=O.[C-]#[N+]c1c(C(F)(F)F)cc(-c2cccc(NC(N)=O)c2)n(Cc2ccccc2)c1=O. The first-order valence-corrected chi connectivity index (χ1v) is 18.4. The van der Waals surface area contributed by atoms with Gasteiger partial charge in [0.05, 0.1) is 24.3 Å². The number of rotatable bonds is 8. The number of nitrogens with two attached hydrogens (primary N) is 2. The molecule has 4 aromatic carbocycles. The number of hydrogen-bond acceptors (Lipinski definition) is 7. The first kappa shape index (κ1) is 45.2. The molecule has 5 N–H and O–H groups in total. The Morgan fingerprint density at radius 3 is 1.56 bits per heavy atom. The number of nitrogens with one attached hydrogen (secondary N) is 1. The van der Waals surface area contributed by atoms with E-state index in [1.165, 1.54) is 41.0 Å². The Hall–Kier alpha value is -7.86. The predicted molar refractivity (Wildman–Crippen MR) is 225 cm³/mol. The van der Waals surface area contributed by atoms with Crippen LogP contribution in [0.25, 0.3) is 32.2 Å². The lowest BCUT2D eigenvalue weighted by molar-refractivity contribution is -0.137. The molecule has 0 atom stereocenters. The van der Waals surface area contributed by atoms with E-state index < -0.39 is 52.0 Å². The number of benzene rings is 4. The van der Waals surface area contributed by atoms with Crippen LogP contribution < -0.4 is 27.9 Å². The number of halogens is 6. The minimum absolute atomic E-state index is 0.0322. The zero-order valence-electron chi connectivity index (χ0n) is 32.9. The molecule has 62 heavy (non-hydrogen) atoms. The lowest BCUT2D eigenvalue weighted by Crippen LogP contribution is -2.25. The number of aromatic nitrogens is 2. The van der Waals surface area contributed by atoms with E-state index in [4.69, 9.17) is 30.8 Å². The van der Waals surface area contributed by atoms with Gasteiger partial charge in [0.15, 0.2) is 0 Å². The molecular weight excluding hydrogens is 839 g/mol. The molecule has 0 saturated carbocycles. The summed E-state index contributed by atoms with van der Waals surface area (Å²) in [7, 11) is 0. The van der Waals surface area contributed by atoms with Crippen LogP contribution in [0, 0.1) is 13.1 Å². The Morgan fingerprint density at radius 1 is 0.742 bits per heavy atom. The molecule has 6 aromatic rings. The van der Waals surface area contributed by atoms with Crippen molar-refractivity contribution in [2.45, 2.75) is 25.4 Å². The van der Waals surface area contributed by atoms with Crippen molar-refractivity contribution < 1.29 is 37.3 Å². The molecule has 12 nitrogen and oxygen atoms in total. The molecular formula is C43H32F6N8O4S. The van der Waals surface area contributed by atoms with E-state index in [0.717, 1.165) is 34.2 Å². The van der Waals surface area contributed by atoms with Crippen molar-refractivity contribution >= 4 is 46.8 Å². The van der Waals surface area contributed by atoms with E-state index >= 15 is 0 Å². The number of isocyanates is 1. The van der Waals surface area contributed by atoms with Gasteiger partial charge in [-0.05, 0) is 59.5 Å². The number of carbonyl (C=O) groups is 1. The van der Waals surface area contributed by atoms with Crippen LogP contribution in [-0.4, -0.2) is 27.5 Å². The van der Waals surface area contributed by atoms with Gasteiger partial charge >= 0.3 is 18.4 Å². The number of carbonyl (C=O) groups excluding carboxylic acids is 2. The molecule has 6 rings (SSSR count). The fraction of sp³-hybridized carbons (Fsp3) is 0.116. The van der Waals surface area contributed by atoms with Crippen molar-refractivity contribution in [2.24, 2.45) is 10.1 Å². The summed E-state index contributed by atoms with van der Waals surface area (Å²) in [5.41, 5.74) is 6.96. The Bertz CT molecular complexity index is 2840.